The van der Waals surface area contributed by atoms with Gasteiger partial charge in [0.2, 0.25) is 5.91 Å². The summed E-state index contributed by atoms with van der Waals surface area (Å²) in [7, 11) is 0. The van der Waals surface area contributed by atoms with Gasteiger partial charge in [-0.25, -0.2) is 5.43 Å². The smallest absolute Gasteiger partial charge is 0.550 e. The monoisotopic (exact) mass is 331 g/mol. The molecule has 1 aromatic rings. The van der Waals surface area contributed by atoms with E-state index in [1.165, 1.54) is 6.07 Å². The second-order valence-electron chi connectivity index (χ2n) is 4.24. The van der Waals surface area contributed by atoms with Crippen molar-refractivity contribution >= 4 is 23.3 Å². The Balaban J connectivity index is 0.00000441. The Kier molecular flexibility index (Phi) is 9.29. The summed E-state index contributed by atoms with van der Waals surface area (Å²) < 4.78 is 0. The van der Waals surface area contributed by atoms with Gasteiger partial charge in [-0.3, -0.25) is 14.9 Å². The molecule has 0 saturated carbocycles. The fourth-order valence-electron chi connectivity index (χ4n) is 1.64. The molecule has 1 aromatic carbocycles. The molecule has 0 saturated heterocycles. The number of carboxylic acids is 1. The largest absolute Gasteiger partial charge is 1.00 e. The molecule has 8 nitrogen and oxygen atoms in total. The molecule has 0 radical (unpaired) electrons. The molecule has 0 aliphatic rings. The van der Waals surface area contributed by atoms with Crippen molar-refractivity contribution in [1.82, 2.24) is 5.43 Å². The van der Waals surface area contributed by atoms with Crippen LogP contribution in [-0.4, -0.2) is 22.5 Å². The predicted molar refractivity (Wildman–Crippen MR) is 72.5 cm³/mol. The molecule has 112 valence electrons. The maximum absolute atomic E-state index is 11.1. The first kappa shape index (κ1) is 20.9. The SMILES string of the molecule is CCc1ccc(/C(C)=N/NC(=O)CC(=O)[O-])cc1[N+](=O)[O-].[K+]. The third-order valence-electron chi connectivity index (χ3n) is 2.73. The normalized spacial score (nSPS) is 10.5. The van der Waals surface area contributed by atoms with Crippen LogP contribution < -0.4 is 61.9 Å². The summed E-state index contributed by atoms with van der Waals surface area (Å²) in [6, 6.07) is 4.63. The van der Waals surface area contributed by atoms with Crippen LogP contribution in [0.15, 0.2) is 23.3 Å². The maximum Gasteiger partial charge on any atom is 1.00 e. The van der Waals surface area contributed by atoms with Crippen molar-refractivity contribution in [2.75, 3.05) is 0 Å². The van der Waals surface area contributed by atoms with E-state index in [1.54, 1.807) is 19.1 Å². The minimum Gasteiger partial charge on any atom is -0.550 e. The fraction of sp³-hybridized carbons (Fsp3) is 0.308. The van der Waals surface area contributed by atoms with Gasteiger partial charge in [0.15, 0.2) is 0 Å². The summed E-state index contributed by atoms with van der Waals surface area (Å²) in [6.45, 7) is 3.35. The number of aryl methyl sites for hydroxylation is 1. The number of rotatable bonds is 6. The van der Waals surface area contributed by atoms with Crippen molar-refractivity contribution in [1.29, 1.82) is 0 Å². The Morgan fingerprint density at radius 1 is 1.36 bits per heavy atom. The number of hydrogen-bond donors (Lipinski definition) is 1. The summed E-state index contributed by atoms with van der Waals surface area (Å²) in [6.07, 6.45) is -0.277. The molecule has 1 amide bonds. The zero-order chi connectivity index (χ0) is 16.0. The van der Waals surface area contributed by atoms with Gasteiger partial charge in [-0.05, 0) is 13.3 Å². The predicted octanol–water partition coefficient (Wildman–Crippen LogP) is -2.86. The van der Waals surface area contributed by atoms with Gasteiger partial charge >= 0.3 is 51.4 Å². The molecule has 0 bridgehead atoms. The van der Waals surface area contributed by atoms with Gasteiger partial charge in [0.1, 0.15) is 0 Å². The van der Waals surface area contributed by atoms with Crippen LogP contribution >= 0.6 is 0 Å². The maximum atomic E-state index is 11.1. The zero-order valence-corrected chi connectivity index (χ0v) is 15.7. The average Bonchev–Trinajstić information content (AvgIpc) is 2.43. The van der Waals surface area contributed by atoms with Crippen molar-refractivity contribution in [3.05, 3.63) is 39.4 Å². The number of aliphatic carboxylic acids is 1. The molecule has 0 heterocycles. The van der Waals surface area contributed by atoms with Crippen molar-refractivity contribution in [2.45, 2.75) is 26.7 Å². The van der Waals surface area contributed by atoms with E-state index in [0.717, 1.165) is 0 Å². The van der Waals surface area contributed by atoms with E-state index in [2.05, 4.69) is 5.10 Å². The summed E-state index contributed by atoms with van der Waals surface area (Å²) in [5, 5.41) is 24.9. The van der Waals surface area contributed by atoms with Gasteiger partial charge in [0.05, 0.1) is 23.0 Å². The molecule has 22 heavy (non-hydrogen) atoms. The van der Waals surface area contributed by atoms with Gasteiger partial charge in [-0.1, -0.05) is 19.1 Å². The van der Waals surface area contributed by atoms with Crippen LogP contribution in [0.1, 0.15) is 31.4 Å². The number of nitro benzene ring substituents is 1. The molecule has 0 aliphatic carbocycles. The van der Waals surface area contributed by atoms with Crippen molar-refractivity contribution in [3.8, 4) is 0 Å². The quantitative estimate of drug-likeness (QED) is 0.197. The number of hydrogen-bond acceptors (Lipinski definition) is 6. The molecule has 0 aromatic heterocycles. The van der Waals surface area contributed by atoms with E-state index < -0.39 is 23.2 Å². The Morgan fingerprint density at radius 2 is 2.00 bits per heavy atom. The third-order valence-corrected chi connectivity index (χ3v) is 2.73. The van der Waals surface area contributed by atoms with E-state index in [0.29, 0.717) is 23.3 Å². The second kappa shape index (κ2) is 9.80. The van der Waals surface area contributed by atoms with E-state index in [9.17, 15) is 24.8 Å². The minimum absolute atomic E-state index is 0. The van der Waals surface area contributed by atoms with Gasteiger partial charge in [0.25, 0.3) is 5.69 Å². The number of benzene rings is 1. The van der Waals surface area contributed by atoms with Gasteiger partial charge < -0.3 is 9.90 Å². The Labute approximate surface area is 169 Å². The zero-order valence-electron chi connectivity index (χ0n) is 12.6. The number of nitrogens with one attached hydrogen (secondary N) is 1. The molecule has 1 rings (SSSR count). The van der Waals surface area contributed by atoms with E-state index in [4.69, 9.17) is 0 Å². The van der Waals surface area contributed by atoms with Crippen LogP contribution in [-0.2, 0) is 16.0 Å². The standard InChI is InChI=1S/C13H15N3O5.K/c1-3-9-4-5-10(6-11(9)16(20)21)8(2)14-15-12(17)7-13(18)19;/h4-6H,3,7H2,1-2H3,(H,15,17)(H,18,19);/q;+1/p-1/b14-8+;. The molecule has 0 atom stereocenters. The fourth-order valence-corrected chi connectivity index (χ4v) is 1.64. The first-order valence-electron chi connectivity index (χ1n) is 6.15. The second-order valence-corrected chi connectivity index (χ2v) is 4.24. The number of nitro groups is 1. The summed E-state index contributed by atoms with van der Waals surface area (Å²) in [5.41, 5.74) is 3.41. The van der Waals surface area contributed by atoms with E-state index in [-0.39, 0.29) is 57.1 Å². The number of carboxylic acid groups (broad SMARTS) is 1. The molecule has 9 heteroatoms. The van der Waals surface area contributed by atoms with Crippen LogP contribution in [0.3, 0.4) is 0 Å². The number of hydrazone groups is 1. The summed E-state index contributed by atoms with van der Waals surface area (Å²) in [5.74, 6) is -2.34. The first-order valence-corrected chi connectivity index (χ1v) is 6.15. The Morgan fingerprint density at radius 3 is 2.50 bits per heavy atom. The molecule has 0 fully saturated rings. The molecular weight excluding hydrogens is 317 g/mol. The van der Waals surface area contributed by atoms with Crippen LogP contribution in [0.2, 0.25) is 0 Å². The van der Waals surface area contributed by atoms with E-state index >= 15 is 0 Å². The molecule has 0 aliphatic heterocycles. The molecular formula is C13H14KN3O5. The Hall–Kier alpha value is -1.13. The van der Waals surface area contributed by atoms with Gasteiger partial charge in [-0.2, -0.15) is 5.10 Å². The van der Waals surface area contributed by atoms with Gasteiger partial charge in [0, 0.05) is 17.2 Å². The molecule has 0 unspecified atom stereocenters. The van der Waals surface area contributed by atoms with Crippen LogP contribution in [0.5, 0.6) is 0 Å². The molecule has 1 N–H and O–H groups in total. The number of nitrogens with zero attached hydrogens (tertiary/aromatic N) is 2. The first-order chi connectivity index (χ1) is 9.85. The summed E-state index contributed by atoms with van der Waals surface area (Å²) >= 11 is 0. The number of carbonyl (C=O) groups is 2. The Bertz CT molecular complexity index is 616. The average molecular weight is 331 g/mol. The van der Waals surface area contributed by atoms with Crippen molar-refractivity contribution < 1.29 is 71.0 Å². The van der Waals surface area contributed by atoms with Crippen molar-refractivity contribution in [3.63, 3.8) is 0 Å². The minimum atomic E-state index is -1.51. The van der Waals surface area contributed by atoms with Crippen molar-refractivity contribution in [2.24, 2.45) is 5.10 Å². The number of carbonyl (C=O) groups excluding carboxylic acids is 2. The topological polar surface area (TPSA) is 125 Å². The molecule has 0 spiro atoms. The number of amides is 1. The van der Waals surface area contributed by atoms with Crippen LogP contribution in [0.4, 0.5) is 5.69 Å². The van der Waals surface area contributed by atoms with Crippen LogP contribution in [0.25, 0.3) is 0 Å². The third kappa shape index (κ3) is 6.32. The summed E-state index contributed by atoms with van der Waals surface area (Å²) in [4.78, 5) is 31.8. The van der Waals surface area contributed by atoms with Crippen LogP contribution in [0, 0.1) is 10.1 Å². The van der Waals surface area contributed by atoms with Gasteiger partial charge in [-0.15, -0.1) is 0 Å². The van der Waals surface area contributed by atoms with E-state index in [1.807, 2.05) is 12.3 Å².